The number of alkyl halides is 2. The third-order valence-corrected chi connectivity index (χ3v) is 6.85. The van der Waals surface area contributed by atoms with E-state index in [0.717, 1.165) is 11.3 Å². The van der Waals surface area contributed by atoms with Crippen LogP contribution in [0.25, 0.3) is 11.3 Å². The average molecular weight is 505 g/mol. The lowest BCUT2D eigenvalue weighted by atomic mass is 9.88. The molecule has 1 fully saturated rings. The number of fused-ring (bicyclic) bond motifs is 5. The summed E-state index contributed by atoms with van der Waals surface area (Å²) in [6.45, 7) is 0.458. The molecule has 182 valence electrons. The molecule has 2 aliphatic heterocycles. The Kier molecular flexibility index (Phi) is 5.41. The number of halogens is 4. The van der Waals surface area contributed by atoms with Gasteiger partial charge in [0.1, 0.15) is 12.3 Å². The molecular formula is C23H20ClF3N6O2. The molecule has 3 aromatic rings. The SMILES string of the molecule is O=C1NCCc2[nH]c3c(c21)CCc1cnc(Oc2nc(Cl)ncc2CN2C[C@@H](F)[C@@H](F)C2)c(F)c1-3. The molecule has 3 aromatic heterocycles. The zero-order valence-corrected chi connectivity index (χ0v) is 19.1. The molecule has 0 bridgehead atoms. The Morgan fingerprint density at radius 3 is 2.69 bits per heavy atom. The number of carbonyl (C=O) groups excluding carboxylic acids is 1. The predicted molar refractivity (Wildman–Crippen MR) is 120 cm³/mol. The molecule has 35 heavy (non-hydrogen) atoms. The Labute approximate surface area is 202 Å². The molecule has 1 amide bonds. The molecule has 8 nitrogen and oxygen atoms in total. The van der Waals surface area contributed by atoms with Gasteiger partial charge in [-0.1, -0.05) is 0 Å². The molecule has 1 aliphatic carbocycles. The minimum absolute atomic E-state index is 0.0461. The summed E-state index contributed by atoms with van der Waals surface area (Å²) >= 11 is 5.95. The maximum atomic E-state index is 15.8. The highest BCUT2D eigenvalue weighted by Crippen LogP contribution is 2.41. The van der Waals surface area contributed by atoms with E-state index in [2.05, 4.69) is 25.3 Å². The number of hydrogen-bond acceptors (Lipinski definition) is 6. The van der Waals surface area contributed by atoms with Crippen molar-refractivity contribution in [2.45, 2.75) is 38.2 Å². The van der Waals surface area contributed by atoms with Gasteiger partial charge in [-0.2, -0.15) is 4.98 Å². The third-order valence-electron chi connectivity index (χ3n) is 6.67. The van der Waals surface area contributed by atoms with Gasteiger partial charge in [-0.3, -0.25) is 9.69 Å². The van der Waals surface area contributed by atoms with E-state index >= 15 is 4.39 Å². The highest BCUT2D eigenvalue weighted by Gasteiger charge is 2.34. The standard InChI is InChI=1S/C23H20ClF3N6O2/c24-23-30-6-11(7-33-8-13(25)14(26)9-33)21(32-23)35-22-18(27)16-10(5-29-22)1-2-12-17-15(31-19(12)16)3-4-28-20(17)34/h5-6,13-14,31H,1-4,7-9H2,(H,28,34)/t13-,14+. The van der Waals surface area contributed by atoms with Crippen LogP contribution >= 0.6 is 11.6 Å². The van der Waals surface area contributed by atoms with Gasteiger partial charge in [0.25, 0.3) is 11.8 Å². The summed E-state index contributed by atoms with van der Waals surface area (Å²) in [4.78, 5) is 29.4. The van der Waals surface area contributed by atoms with Gasteiger partial charge in [0.15, 0.2) is 5.82 Å². The number of ether oxygens (including phenoxy) is 1. The van der Waals surface area contributed by atoms with Crippen LogP contribution in [0.15, 0.2) is 12.4 Å². The molecule has 2 N–H and O–H groups in total. The van der Waals surface area contributed by atoms with Gasteiger partial charge >= 0.3 is 0 Å². The number of H-pyrrole nitrogens is 1. The van der Waals surface area contributed by atoms with Crippen LogP contribution in [0.4, 0.5) is 13.2 Å². The van der Waals surface area contributed by atoms with Crippen molar-refractivity contribution in [2.24, 2.45) is 0 Å². The van der Waals surface area contributed by atoms with Gasteiger partial charge in [0, 0.05) is 61.8 Å². The fraction of sp³-hybridized carbons (Fsp3) is 0.391. The van der Waals surface area contributed by atoms with Crippen LogP contribution in [0, 0.1) is 5.82 Å². The first kappa shape index (κ1) is 22.3. The average Bonchev–Trinajstić information content (AvgIpc) is 3.37. The number of rotatable bonds is 4. The van der Waals surface area contributed by atoms with Crippen molar-refractivity contribution in [3.8, 4) is 23.0 Å². The van der Waals surface area contributed by atoms with Gasteiger partial charge in [0.05, 0.1) is 11.3 Å². The zero-order valence-electron chi connectivity index (χ0n) is 18.4. The van der Waals surface area contributed by atoms with Crippen molar-refractivity contribution in [2.75, 3.05) is 19.6 Å². The molecule has 0 aromatic carbocycles. The second-order valence-electron chi connectivity index (χ2n) is 8.91. The van der Waals surface area contributed by atoms with Crippen molar-refractivity contribution in [3.05, 3.63) is 51.4 Å². The Morgan fingerprint density at radius 1 is 1.09 bits per heavy atom. The van der Waals surface area contributed by atoms with E-state index in [0.29, 0.717) is 53.8 Å². The molecule has 12 heteroatoms. The van der Waals surface area contributed by atoms with Crippen LogP contribution in [0.5, 0.6) is 11.8 Å². The second-order valence-corrected chi connectivity index (χ2v) is 9.25. The van der Waals surface area contributed by atoms with Crippen molar-refractivity contribution >= 4 is 17.5 Å². The Hall–Kier alpha value is -3.18. The number of amides is 1. The minimum Gasteiger partial charge on any atom is -0.417 e. The van der Waals surface area contributed by atoms with Crippen LogP contribution in [0.2, 0.25) is 5.28 Å². The molecule has 0 saturated carbocycles. The lowest BCUT2D eigenvalue weighted by molar-refractivity contribution is 0.0945. The summed E-state index contributed by atoms with van der Waals surface area (Å²) in [5.41, 5.74) is 4.10. The number of carbonyl (C=O) groups is 1. The summed E-state index contributed by atoms with van der Waals surface area (Å²) in [7, 11) is 0. The number of aryl methyl sites for hydroxylation is 1. The number of nitrogens with zero attached hydrogens (tertiary/aromatic N) is 4. The van der Waals surface area contributed by atoms with E-state index in [1.165, 1.54) is 6.20 Å². The fourth-order valence-electron chi connectivity index (χ4n) is 5.03. The summed E-state index contributed by atoms with van der Waals surface area (Å²) in [6, 6.07) is 0. The van der Waals surface area contributed by atoms with Crippen molar-refractivity contribution in [1.29, 1.82) is 0 Å². The molecule has 0 spiro atoms. The highest BCUT2D eigenvalue weighted by atomic mass is 35.5. The van der Waals surface area contributed by atoms with Crippen LogP contribution in [-0.2, 0) is 25.8 Å². The quantitative estimate of drug-likeness (QED) is 0.529. The molecule has 0 unspecified atom stereocenters. The van der Waals surface area contributed by atoms with Crippen LogP contribution in [0.3, 0.4) is 0 Å². The topological polar surface area (TPSA) is 96.0 Å². The molecule has 5 heterocycles. The van der Waals surface area contributed by atoms with E-state index < -0.39 is 18.2 Å². The first-order valence-corrected chi connectivity index (χ1v) is 11.7. The van der Waals surface area contributed by atoms with E-state index in [9.17, 15) is 13.6 Å². The van der Waals surface area contributed by atoms with Crippen molar-refractivity contribution < 1.29 is 22.7 Å². The number of aromatic amines is 1. The Bertz CT molecular complexity index is 1340. The molecule has 0 radical (unpaired) electrons. The Balaban J connectivity index is 1.36. The molecule has 2 atom stereocenters. The first-order valence-electron chi connectivity index (χ1n) is 11.3. The lowest BCUT2D eigenvalue weighted by Gasteiger charge is -2.20. The maximum Gasteiger partial charge on any atom is 0.258 e. The van der Waals surface area contributed by atoms with Crippen molar-refractivity contribution in [3.63, 3.8) is 0 Å². The van der Waals surface area contributed by atoms with Gasteiger partial charge in [-0.15, -0.1) is 0 Å². The van der Waals surface area contributed by atoms with Gasteiger partial charge in [-0.05, 0) is 35.6 Å². The van der Waals surface area contributed by atoms with E-state index in [1.54, 1.807) is 11.1 Å². The van der Waals surface area contributed by atoms with E-state index in [-0.39, 0.29) is 42.6 Å². The second kappa shape index (κ2) is 8.49. The van der Waals surface area contributed by atoms with Crippen LogP contribution in [0.1, 0.15) is 32.7 Å². The largest absolute Gasteiger partial charge is 0.417 e. The number of likely N-dealkylation sites (tertiary alicyclic amines) is 1. The maximum absolute atomic E-state index is 15.8. The van der Waals surface area contributed by atoms with E-state index in [1.807, 2.05) is 0 Å². The molecule has 3 aliphatic rings. The number of pyridine rings is 1. The Morgan fingerprint density at radius 2 is 1.89 bits per heavy atom. The van der Waals surface area contributed by atoms with Gasteiger partial charge in [0.2, 0.25) is 11.2 Å². The highest BCUT2D eigenvalue weighted by molar-refractivity contribution is 6.28. The van der Waals surface area contributed by atoms with Gasteiger partial charge in [-0.25, -0.2) is 23.1 Å². The monoisotopic (exact) mass is 504 g/mol. The molecular weight excluding hydrogens is 485 g/mol. The minimum atomic E-state index is -1.57. The van der Waals surface area contributed by atoms with Gasteiger partial charge < -0.3 is 15.0 Å². The molecule has 6 rings (SSSR count). The number of aromatic nitrogens is 4. The van der Waals surface area contributed by atoms with Crippen LogP contribution in [-0.4, -0.2) is 62.7 Å². The number of hydrogen-bond donors (Lipinski definition) is 2. The first-order chi connectivity index (χ1) is 16.9. The predicted octanol–water partition coefficient (Wildman–Crippen LogP) is 3.33. The summed E-state index contributed by atoms with van der Waals surface area (Å²) in [5, 5.41) is 2.71. The van der Waals surface area contributed by atoms with Crippen LogP contribution < -0.4 is 10.1 Å². The van der Waals surface area contributed by atoms with Crippen molar-refractivity contribution in [1.82, 2.24) is 30.2 Å². The lowest BCUT2D eigenvalue weighted by Crippen LogP contribution is -2.32. The smallest absolute Gasteiger partial charge is 0.258 e. The molecule has 1 saturated heterocycles. The summed E-state index contributed by atoms with van der Waals surface area (Å²) in [6.07, 6.45) is 1.54. The summed E-state index contributed by atoms with van der Waals surface area (Å²) < 4.78 is 48.9. The zero-order chi connectivity index (χ0) is 24.3. The third kappa shape index (κ3) is 3.82. The fourth-order valence-corrected chi connectivity index (χ4v) is 5.16. The van der Waals surface area contributed by atoms with E-state index in [4.69, 9.17) is 16.3 Å². The number of nitrogens with one attached hydrogen (secondary N) is 2. The summed E-state index contributed by atoms with van der Waals surface area (Å²) in [5.74, 6) is -1.23. The normalized spacial score (nSPS) is 21.3.